The van der Waals surface area contributed by atoms with Crippen LogP contribution in [0.2, 0.25) is 0 Å². The maximum atomic E-state index is 11.6. The van der Waals surface area contributed by atoms with Crippen LogP contribution in [0, 0.1) is 0 Å². The van der Waals surface area contributed by atoms with Gasteiger partial charge in [-0.15, -0.1) is 0 Å². The molecule has 0 aromatic rings. The number of carbonyl (C=O) groups is 1. The van der Waals surface area contributed by atoms with Gasteiger partial charge in [-0.05, 0) is 19.8 Å². The Bertz CT molecular complexity index is 170. The van der Waals surface area contributed by atoms with Gasteiger partial charge in [0, 0.05) is 19.7 Å². The summed E-state index contributed by atoms with van der Waals surface area (Å²) in [7, 11) is 1.57. The average Bonchev–Trinajstić information content (AvgIpc) is 2.30. The molecule has 0 spiro atoms. The molecule has 1 amide bonds. The first-order valence-corrected chi connectivity index (χ1v) is 5.04. The van der Waals surface area contributed by atoms with Crippen molar-refractivity contribution in [1.82, 2.24) is 4.90 Å². The second kappa shape index (κ2) is 5.22. The van der Waals surface area contributed by atoms with Crippen LogP contribution in [0.1, 0.15) is 32.6 Å². The standard InChI is InChI=1S/C10H19NO2/c1-9-6-4-3-5-7-11(9)10(12)8-13-2/h9H,3-8H2,1-2H3. The van der Waals surface area contributed by atoms with Crippen LogP contribution in [0.15, 0.2) is 0 Å². The number of amides is 1. The number of hydrogen-bond acceptors (Lipinski definition) is 2. The molecule has 0 N–H and O–H groups in total. The maximum absolute atomic E-state index is 11.6. The summed E-state index contributed by atoms with van der Waals surface area (Å²) in [6, 6.07) is 0.394. The van der Waals surface area contributed by atoms with Crippen molar-refractivity contribution in [2.45, 2.75) is 38.6 Å². The molecule has 1 aliphatic rings. The molecule has 1 unspecified atom stereocenters. The highest BCUT2D eigenvalue weighted by Gasteiger charge is 2.21. The Morgan fingerprint density at radius 3 is 2.92 bits per heavy atom. The fourth-order valence-corrected chi connectivity index (χ4v) is 1.85. The topological polar surface area (TPSA) is 29.5 Å². The summed E-state index contributed by atoms with van der Waals surface area (Å²) in [5.41, 5.74) is 0. The van der Waals surface area contributed by atoms with E-state index in [4.69, 9.17) is 4.74 Å². The first kappa shape index (κ1) is 10.5. The Labute approximate surface area is 80.1 Å². The van der Waals surface area contributed by atoms with Crippen LogP contribution in [-0.4, -0.2) is 37.1 Å². The molecule has 0 bridgehead atoms. The van der Waals surface area contributed by atoms with Crippen LogP contribution in [0.3, 0.4) is 0 Å². The molecule has 0 aliphatic carbocycles. The van der Waals surface area contributed by atoms with Crippen LogP contribution < -0.4 is 0 Å². The van der Waals surface area contributed by atoms with E-state index in [2.05, 4.69) is 6.92 Å². The fourth-order valence-electron chi connectivity index (χ4n) is 1.85. The zero-order valence-corrected chi connectivity index (χ0v) is 8.58. The Hall–Kier alpha value is -0.570. The molecule has 1 aliphatic heterocycles. The minimum absolute atomic E-state index is 0.136. The molecule has 1 saturated heterocycles. The Morgan fingerprint density at radius 2 is 2.23 bits per heavy atom. The smallest absolute Gasteiger partial charge is 0.248 e. The highest BCUT2D eigenvalue weighted by molar-refractivity contribution is 5.77. The van der Waals surface area contributed by atoms with E-state index in [1.165, 1.54) is 12.8 Å². The molecule has 0 aromatic carbocycles. The summed E-state index contributed by atoms with van der Waals surface area (Å²) in [5, 5.41) is 0. The van der Waals surface area contributed by atoms with Gasteiger partial charge < -0.3 is 9.64 Å². The lowest BCUT2D eigenvalue weighted by molar-refractivity contribution is -0.137. The van der Waals surface area contributed by atoms with Crippen molar-refractivity contribution in [2.24, 2.45) is 0 Å². The minimum Gasteiger partial charge on any atom is -0.375 e. The molecular weight excluding hydrogens is 166 g/mol. The van der Waals surface area contributed by atoms with E-state index in [0.717, 1.165) is 19.4 Å². The zero-order valence-electron chi connectivity index (χ0n) is 8.58. The number of methoxy groups -OCH3 is 1. The van der Waals surface area contributed by atoms with Crippen LogP contribution in [-0.2, 0) is 9.53 Å². The normalized spacial score (nSPS) is 24.2. The summed E-state index contributed by atoms with van der Waals surface area (Å²) in [6.45, 7) is 3.26. The molecule has 1 rings (SSSR count). The van der Waals surface area contributed by atoms with E-state index in [0.29, 0.717) is 6.04 Å². The van der Waals surface area contributed by atoms with Crippen molar-refractivity contribution in [1.29, 1.82) is 0 Å². The number of hydrogen-bond donors (Lipinski definition) is 0. The average molecular weight is 185 g/mol. The van der Waals surface area contributed by atoms with Gasteiger partial charge in [0.2, 0.25) is 5.91 Å². The lowest BCUT2D eigenvalue weighted by Gasteiger charge is -2.26. The molecule has 3 heteroatoms. The lowest BCUT2D eigenvalue weighted by Crippen LogP contribution is -2.40. The molecular formula is C10H19NO2. The van der Waals surface area contributed by atoms with Gasteiger partial charge in [-0.2, -0.15) is 0 Å². The quantitative estimate of drug-likeness (QED) is 0.651. The predicted molar refractivity (Wildman–Crippen MR) is 51.5 cm³/mol. The van der Waals surface area contributed by atoms with Crippen molar-refractivity contribution < 1.29 is 9.53 Å². The van der Waals surface area contributed by atoms with Gasteiger partial charge in [0.05, 0.1) is 0 Å². The van der Waals surface area contributed by atoms with Crippen molar-refractivity contribution in [3.63, 3.8) is 0 Å². The van der Waals surface area contributed by atoms with E-state index in [1.807, 2.05) is 4.90 Å². The number of nitrogens with zero attached hydrogens (tertiary/aromatic N) is 1. The van der Waals surface area contributed by atoms with E-state index in [1.54, 1.807) is 7.11 Å². The van der Waals surface area contributed by atoms with E-state index in [-0.39, 0.29) is 12.5 Å². The van der Waals surface area contributed by atoms with Crippen LogP contribution in [0.25, 0.3) is 0 Å². The third kappa shape index (κ3) is 2.99. The molecule has 0 saturated carbocycles. The van der Waals surface area contributed by atoms with Gasteiger partial charge in [-0.25, -0.2) is 0 Å². The van der Waals surface area contributed by atoms with E-state index < -0.39 is 0 Å². The van der Waals surface area contributed by atoms with Gasteiger partial charge in [0.1, 0.15) is 6.61 Å². The molecule has 1 fully saturated rings. The summed E-state index contributed by atoms with van der Waals surface area (Å²) >= 11 is 0. The first-order chi connectivity index (χ1) is 6.25. The maximum Gasteiger partial charge on any atom is 0.248 e. The molecule has 1 heterocycles. The van der Waals surface area contributed by atoms with Gasteiger partial charge in [0.15, 0.2) is 0 Å². The summed E-state index contributed by atoms with van der Waals surface area (Å²) in [6.07, 6.45) is 4.77. The molecule has 76 valence electrons. The van der Waals surface area contributed by atoms with Gasteiger partial charge in [-0.1, -0.05) is 12.8 Å². The lowest BCUT2D eigenvalue weighted by atomic mass is 10.1. The Kier molecular flexibility index (Phi) is 4.22. The fraction of sp³-hybridized carbons (Fsp3) is 0.900. The number of likely N-dealkylation sites (tertiary alicyclic amines) is 1. The Morgan fingerprint density at radius 1 is 1.46 bits per heavy atom. The predicted octanol–water partition coefficient (Wildman–Crippen LogP) is 1.42. The molecule has 0 radical (unpaired) electrons. The SMILES string of the molecule is COCC(=O)N1CCCCCC1C. The first-order valence-electron chi connectivity index (χ1n) is 5.04. The second-order valence-corrected chi connectivity index (χ2v) is 3.72. The van der Waals surface area contributed by atoms with Crippen molar-refractivity contribution in [3.05, 3.63) is 0 Å². The van der Waals surface area contributed by atoms with E-state index >= 15 is 0 Å². The van der Waals surface area contributed by atoms with Crippen molar-refractivity contribution in [2.75, 3.05) is 20.3 Å². The summed E-state index contributed by atoms with van der Waals surface area (Å²) in [5.74, 6) is 0.136. The highest BCUT2D eigenvalue weighted by atomic mass is 16.5. The molecule has 3 nitrogen and oxygen atoms in total. The van der Waals surface area contributed by atoms with Crippen LogP contribution >= 0.6 is 0 Å². The van der Waals surface area contributed by atoms with E-state index in [9.17, 15) is 4.79 Å². The largest absolute Gasteiger partial charge is 0.375 e. The highest BCUT2D eigenvalue weighted by Crippen LogP contribution is 2.16. The number of rotatable bonds is 2. The molecule has 1 atom stereocenters. The third-order valence-electron chi connectivity index (χ3n) is 2.64. The summed E-state index contributed by atoms with van der Waals surface area (Å²) in [4.78, 5) is 13.5. The molecule has 0 aromatic heterocycles. The second-order valence-electron chi connectivity index (χ2n) is 3.72. The number of ether oxygens (including phenoxy) is 1. The Balaban J connectivity index is 2.48. The minimum atomic E-state index is 0.136. The van der Waals surface area contributed by atoms with Gasteiger partial charge in [-0.3, -0.25) is 4.79 Å². The zero-order chi connectivity index (χ0) is 9.68. The van der Waals surface area contributed by atoms with Crippen LogP contribution in [0.4, 0.5) is 0 Å². The van der Waals surface area contributed by atoms with Gasteiger partial charge >= 0.3 is 0 Å². The van der Waals surface area contributed by atoms with Gasteiger partial charge in [0.25, 0.3) is 0 Å². The third-order valence-corrected chi connectivity index (χ3v) is 2.64. The van der Waals surface area contributed by atoms with Crippen LogP contribution in [0.5, 0.6) is 0 Å². The monoisotopic (exact) mass is 185 g/mol. The molecule has 13 heavy (non-hydrogen) atoms. The summed E-state index contributed by atoms with van der Waals surface area (Å²) < 4.78 is 4.85. The van der Waals surface area contributed by atoms with Crippen molar-refractivity contribution in [3.8, 4) is 0 Å². The number of carbonyl (C=O) groups excluding carboxylic acids is 1. The van der Waals surface area contributed by atoms with Crippen molar-refractivity contribution >= 4 is 5.91 Å².